The summed E-state index contributed by atoms with van der Waals surface area (Å²) in [6, 6.07) is 7.53. The highest BCUT2D eigenvalue weighted by molar-refractivity contribution is 5.38. The first-order valence-corrected chi connectivity index (χ1v) is 7.04. The number of pyridine rings is 1. The largest absolute Gasteiger partial charge is 0.357 e. The summed E-state index contributed by atoms with van der Waals surface area (Å²) in [6.07, 6.45) is 5.62. The predicted octanol–water partition coefficient (Wildman–Crippen LogP) is 1.00. The Bertz CT molecular complexity index is 353. The highest BCUT2D eigenvalue weighted by Gasteiger charge is 2.23. The minimum Gasteiger partial charge on any atom is -0.357 e. The summed E-state index contributed by atoms with van der Waals surface area (Å²) in [7, 11) is 0. The molecule has 0 aromatic carbocycles. The van der Waals surface area contributed by atoms with Gasteiger partial charge in [-0.2, -0.15) is 0 Å². The van der Waals surface area contributed by atoms with Crippen molar-refractivity contribution in [1.29, 1.82) is 0 Å². The lowest BCUT2D eigenvalue weighted by Gasteiger charge is -2.34. The van der Waals surface area contributed by atoms with Gasteiger partial charge in [0.05, 0.1) is 0 Å². The summed E-state index contributed by atoms with van der Waals surface area (Å²) in [5.74, 6) is 1.12. The highest BCUT2D eigenvalue weighted by Crippen LogP contribution is 2.18. The second-order valence-electron chi connectivity index (χ2n) is 5.31. The topological polar surface area (TPSA) is 40.2 Å². The Hall–Kier alpha value is -1.13. The second kappa shape index (κ2) is 5.67. The SMILES string of the molecule is c1ccc(N2CCC(NC3CCNC3)CC2)nc1. The summed E-state index contributed by atoms with van der Waals surface area (Å²) in [5.41, 5.74) is 0. The molecule has 4 nitrogen and oxygen atoms in total. The molecule has 3 heterocycles. The van der Waals surface area contributed by atoms with Crippen LogP contribution < -0.4 is 15.5 Å². The van der Waals surface area contributed by atoms with E-state index in [9.17, 15) is 0 Å². The zero-order chi connectivity index (χ0) is 12.2. The number of aromatic nitrogens is 1. The molecule has 4 heteroatoms. The number of nitrogens with zero attached hydrogens (tertiary/aromatic N) is 2. The molecule has 0 saturated carbocycles. The first kappa shape index (κ1) is 11.9. The van der Waals surface area contributed by atoms with Crippen LogP contribution in [0.1, 0.15) is 19.3 Å². The Morgan fingerprint density at radius 2 is 2.06 bits per heavy atom. The summed E-state index contributed by atoms with van der Waals surface area (Å²) < 4.78 is 0. The van der Waals surface area contributed by atoms with Crippen molar-refractivity contribution in [3.05, 3.63) is 24.4 Å². The van der Waals surface area contributed by atoms with Gasteiger partial charge >= 0.3 is 0 Å². The lowest BCUT2D eigenvalue weighted by molar-refractivity contribution is 0.375. The second-order valence-corrected chi connectivity index (χ2v) is 5.31. The Morgan fingerprint density at radius 3 is 2.72 bits per heavy atom. The Kier molecular flexibility index (Phi) is 3.76. The standard InChI is InChI=1S/C14H22N4/c1-2-7-16-14(3-1)18-9-5-12(6-10-18)17-13-4-8-15-11-13/h1-3,7,12-13,15,17H,4-6,8-11H2. The third kappa shape index (κ3) is 2.82. The van der Waals surface area contributed by atoms with E-state index >= 15 is 0 Å². The molecule has 2 aliphatic rings. The smallest absolute Gasteiger partial charge is 0.128 e. The van der Waals surface area contributed by atoms with Crippen LogP contribution in [0, 0.1) is 0 Å². The molecule has 2 aliphatic heterocycles. The van der Waals surface area contributed by atoms with E-state index in [0.29, 0.717) is 12.1 Å². The molecule has 3 rings (SSSR count). The van der Waals surface area contributed by atoms with Gasteiger partial charge in [0.15, 0.2) is 0 Å². The van der Waals surface area contributed by atoms with Crippen LogP contribution in [0.3, 0.4) is 0 Å². The number of piperidine rings is 1. The molecule has 0 amide bonds. The number of anilines is 1. The van der Waals surface area contributed by atoms with Crippen LogP contribution in [0.25, 0.3) is 0 Å². The molecule has 0 bridgehead atoms. The van der Waals surface area contributed by atoms with Crippen molar-refractivity contribution in [1.82, 2.24) is 15.6 Å². The fraction of sp³-hybridized carbons (Fsp3) is 0.643. The summed E-state index contributed by atoms with van der Waals surface area (Å²) in [4.78, 5) is 6.82. The van der Waals surface area contributed by atoms with Crippen molar-refractivity contribution in [2.24, 2.45) is 0 Å². The lowest BCUT2D eigenvalue weighted by atomic mass is 10.0. The average molecular weight is 246 g/mol. The van der Waals surface area contributed by atoms with Crippen molar-refractivity contribution >= 4 is 5.82 Å². The molecule has 2 fully saturated rings. The normalized spacial score (nSPS) is 25.6. The molecule has 1 atom stereocenters. The zero-order valence-electron chi connectivity index (χ0n) is 10.8. The third-order valence-electron chi connectivity index (χ3n) is 4.00. The van der Waals surface area contributed by atoms with Crippen LogP contribution in [0.2, 0.25) is 0 Å². The zero-order valence-corrected chi connectivity index (χ0v) is 10.8. The molecule has 0 aliphatic carbocycles. The predicted molar refractivity (Wildman–Crippen MR) is 73.9 cm³/mol. The van der Waals surface area contributed by atoms with Crippen LogP contribution in [0.4, 0.5) is 5.82 Å². The fourth-order valence-corrected chi connectivity index (χ4v) is 2.95. The van der Waals surface area contributed by atoms with Crippen LogP contribution in [-0.2, 0) is 0 Å². The first-order valence-electron chi connectivity index (χ1n) is 7.04. The van der Waals surface area contributed by atoms with Gasteiger partial charge < -0.3 is 15.5 Å². The third-order valence-corrected chi connectivity index (χ3v) is 4.00. The molecule has 18 heavy (non-hydrogen) atoms. The van der Waals surface area contributed by atoms with E-state index in [1.165, 1.54) is 25.8 Å². The number of rotatable bonds is 3. The number of hydrogen-bond acceptors (Lipinski definition) is 4. The monoisotopic (exact) mass is 246 g/mol. The average Bonchev–Trinajstić information content (AvgIpc) is 2.94. The van der Waals surface area contributed by atoms with E-state index < -0.39 is 0 Å². The van der Waals surface area contributed by atoms with Crippen LogP contribution in [0.5, 0.6) is 0 Å². The Balaban J connectivity index is 1.49. The molecule has 1 aromatic rings. The van der Waals surface area contributed by atoms with E-state index in [1.807, 2.05) is 12.3 Å². The summed E-state index contributed by atoms with van der Waals surface area (Å²) in [6.45, 7) is 4.55. The first-order chi connectivity index (χ1) is 8.92. The molecule has 2 saturated heterocycles. The van der Waals surface area contributed by atoms with Gasteiger partial charge in [-0.3, -0.25) is 0 Å². The van der Waals surface area contributed by atoms with Crippen LogP contribution >= 0.6 is 0 Å². The molecular formula is C14H22N4. The van der Waals surface area contributed by atoms with Gasteiger partial charge in [-0.25, -0.2) is 4.98 Å². The molecular weight excluding hydrogens is 224 g/mol. The fourth-order valence-electron chi connectivity index (χ4n) is 2.95. The minimum atomic E-state index is 0.690. The highest BCUT2D eigenvalue weighted by atomic mass is 15.2. The van der Waals surface area contributed by atoms with E-state index in [4.69, 9.17) is 0 Å². The molecule has 98 valence electrons. The van der Waals surface area contributed by atoms with Crippen molar-refractivity contribution < 1.29 is 0 Å². The van der Waals surface area contributed by atoms with Gasteiger partial charge in [0.2, 0.25) is 0 Å². The Labute approximate surface area is 109 Å². The van der Waals surface area contributed by atoms with Gasteiger partial charge in [0.1, 0.15) is 5.82 Å². The van der Waals surface area contributed by atoms with Crippen LogP contribution in [0.15, 0.2) is 24.4 Å². The number of hydrogen-bond donors (Lipinski definition) is 2. The molecule has 1 unspecified atom stereocenters. The molecule has 0 spiro atoms. The van der Waals surface area contributed by atoms with Crippen molar-refractivity contribution in [3.63, 3.8) is 0 Å². The minimum absolute atomic E-state index is 0.690. The van der Waals surface area contributed by atoms with E-state index in [0.717, 1.165) is 25.5 Å². The van der Waals surface area contributed by atoms with Crippen LogP contribution in [-0.4, -0.2) is 43.2 Å². The quantitative estimate of drug-likeness (QED) is 0.835. The van der Waals surface area contributed by atoms with Crippen molar-refractivity contribution in [2.45, 2.75) is 31.3 Å². The van der Waals surface area contributed by atoms with Gasteiger partial charge in [0.25, 0.3) is 0 Å². The maximum atomic E-state index is 4.43. The van der Waals surface area contributed by atoms with Gasteiger partial charge in [-0.15, -0.1) is 0 Å². The maximum absolute atomic E-state index is 4.43. The van der Waals surface area contributed by atoms with E-state index in [-0.39, 0.29) is 0 Å². The molecule has 2 N–H and O–H groups in total. The maximum Gasteiger partial charge on any atom is 0.128 e. The van der Waals surface area contributed by atoms with Gasteiger partial charge in [0, 0.05) is 37.9 Å². The van der Waals surface area contributed by atoms with Gasteiger partial charge in [-0.05, 0) is 37.9 Å². The Morgan fingerprint density at radius 1 is 1.17 bits per heavy atom. The molecule has 0 radical (unpaired) electrons. The lowest BCUT2D eigenvalue weighted by Crippen LogP contribution is -2.47. The summed E-state index contributed by atoms with van der Waals surface area (Å²) >= 11 is 0. The van der Waals surface area contributed by atoms with Crippen molar-refractivity contribution in [2.75, 3.05) is 31.1 Å². The molecule has 1 aromatic heterocycles. The van der Waals surface area contributed by atoms with E-state index in [2.05, 4.69) is 32.7 Å². The van der Waals surface area contributed by atoms with Crippen molar-refractivity contribution in [3.8, 4) is 0 Å². The van der Waals surface area contributed by atoms with Gasteiger partial charge in [-0.1, -0.05) is 6.07 Å². The van der Waals surface area contributed by atoms with E-state index in [1.54, 1.807) is 0 Å². The number of nitrogens with one attached hydrogen (secondary N) is 2. The summed E-state index contributed by atoms with van der Waals surface area (Å²) in [5, 5.41) is 7.19.